The van der Waals surface area contributed by atoms with Crippen molar-refractivity contribution in [3.63, 3.8) is 0 Å². The van der Waals surface area contributed by atoms with Gasteiger partial charge in [0.2, 0.25) is 0 Å². The van der Waals surface area contributed by atoms with Crippen molar-refractivity contribution in [3.8, 4) is 0 Å². The first kappa shape index (κ1) is 12.5. The van der Waals surface area contributed by atoms with E-state index < -0.39 is 0 Å². The molecule has 0 unspecified atom stereocenters. The van der Waals surface area contributed by atoms with E-state index in [4.69, 9.17) is 0 Å². The summed E-state index contributed by atoms with van der Waals surface area (Å²) in [5.74, 6) is 0. The van der Waals surface area contributed by atoms with Crippen LogP contribution in [-0.4, -0.2) is 0 Å². The Morgan fingerprint density at radius 3 is 1.74 bits per heavy atom. The van der Waals surface area contributed by atoms with Crippen LogP contribution in [0.15, 0.2) is 54.6 Å². The number of hydrogen-bond donors (Lipinski definition) is 0. The molecule has 2 aromatic rings. The van der Waals surface area contributed by atoms with E-state index in [-0.39, 0.29) is 5.41 Å². The molecular formula is C19H22. The summed E-state index contributed by atoms with van der Waals surface area (Å²) in [6.45, 7) is 6.81. The van der Waals surface area contributed by atoms with Gasteiger partial charge in [-0.2, -0.15) is 0 Å². The Labute approximate surface area is 116 Å². The first-order chi connectivity index (χ1) is 9.02. The van der Waals surface area contributed by atoms with Crippen LogP contribution < -0.4 is 0 Å². The van der Waals surface area contributed by atoms with Crippen LogP contribution in [0.4, 0.5) is 0 Å². The van der Waals surface area contributed by atoms with E-state index in [0.717, 1.165) is 0 Å². The highest BCUT2D eigenvalue weighted by atomic mass is 14.5. The molecular weight excluding hydrogens is 228 g/mol. The van der Waals surface area contributed by atoms with Crippen molar-refractivity contribution in [2.45, 2.75) is 44.4 Å². The van der Waals surface area contributed by atoms with Crippen LogP contribution in [0.2, 0.25) is 0 Å². The lowest BCUT2D eigenvalue weighted by Crippen LogP contribution is -2.13. The summed E-state index contributed by atoms with van der Waals surface area (Å²) < 4.78 is 0. The Morgan fingerprint density at radius 1 is 0.737 bits per heavy atom. The maximum atomic E-state index is 2.33. The lowest BCUT2D eigenvalue weighted by molar-refractivity contribution is 0.589. The fraction of sp³-hybridized carbons (Fsp3) is 0.368. The lowest BCUT2D eigenvalue weighted by atomic mass is 9.83. The molecule has 0 nitrogen and oxygen atoms in total. The third-order valence-corrected chi connectivity index (χ3v) is 4.38. The van der Waals surface area contributed by atoms with Crippen LogP contribution >= 0.6 is 0 Å². The van der Waals surface area contributed by atoms with Crippen LogP contribution in [0.3, 0.4) is 0 Å². The second-order valence-electron chi connectivity index (χ2n) is 6.78. The maximum absolute atomic E-state index is 2.33. The number of benzene rings is 2. The Kier molecular flexibility index (Phi) is 2.78. The van der Waals surface area contributed by atoms with Crippen molar-refractivity contribution >= 4 is 0 Å². The topological polar surface area (TPSA) is 0 Å². The van der Waals surface area contributed by atoms with E-state index in [2.05, 4.69) is 75.4 Å². The molecule has 98 valence electrons. The normalized spacial score (nSPS) is 17.2. The summed E-state index contributed by atoms with van der Waals surface area (Å²) in [5.41, 5.74) is 4.91. The van der Waals surface area contributed by atoms with E-state index >= 15 is 0 Å². The highest BCUT2D eigenvalue weighted by molar-refractivity contribution is 5.46. The molecule has 0 aromatic heterocycles. The minimum atomic E-state index is 0.238. The van der Waals surface area contributed by atoms with Crippen molar-refractivity contribution in [1.29, 1.82) is 0 Å². The third-order valence-electron chi connectivity index (χ3n) is 4.38. The van der Waals surface area contributed by atoms with Gasteiger partial charge in [0.15, 0.2) is 0 Å². The number of hydrogen-bond acceptors (Lipinski definition) is 0. The van der Waals surface area contributed by atoms with Gasteiger partial charge < -0.3 is 0 Å². The first-order valence-corrected chi connectivity index (χ1v) is 7.19. The molecule has 0 aliphatic heterocycles. The van der Waals surface area contributed by atoms with E-state index in [1.54, 1.807) is 0 Å². The van der Waals surface area contributed by atoms with Gasteiger partial charge in [-0.3, -0.25) is 0 Å². The SMILES string of the molecule is CC(C)(C)c1ccc(C2(c3ccccc3)CC2)cc1. The van der Waals surface area contributed by atoms with E-state index in [1.165, 1.54) is 29.5 Å². The molecule has 2 aromatic carbocycles. The molecule has 0 heteroatoms. The smallest absolute Gasteiger partial charge is 0.0203 e. The van der Waals surface area contributed by atoms with Gasteiger partial charge in [-0.1, -0.05) is 75.4 Å². The highest BCUT2D eigenvalue weighted by Gasteiger charge is 2.45. The standard InChI is InChI=1S/C19H22/c1-18(2,3)15-9-11-17(12-10-15)19(13-14-19)16-7-5-4-6-8-16/h4-12H,13-14H2,1-3H3. The fourth-order valence-corrected chi connectivity index (χ4v) is 2.92. The van der Waals surface area contributed by atoms with Crippen LogP contribution in [0.1, 0.15) is 50.3 Å². The molecule has 0 amide bonds. The van der Waals surface area contributed by atoms with Gasteiger partial charge in [0, 0.05) is 5.41 Å². The van der Waals surface area contributed by atoms with Crippen molar-refractivity contribution in [1.82, 2.24) is 0 Å². The zero-order valence-electron chi connectivity index (χ0n) is 12.1. The molecule has 0 spiro atoms. The van der Waals surface area contributed by atoms with Gasteiger partial charge in [-0.05, 0) is 34.9 Å². The zero-order valence-corrected chi connectivity index (χ0v) is 12.1. The van der Waals surface area contributed by atoms with Gasteiger partial charge >= 0.3 is 0 Å². The Balaban J connectivity index is 1.95. The molecule has 0 radical (unpaired) electrons. The van der Waals surface area contributed by atoms with Crippen molar-refractivity contribution in [2.24, 2.45) is 0 Å². The predicted molar refractivity (Wildman–Crippen MR) is 81.6 cm³/mol. The summed E-state index contributed by atoms with van der Waals surface area (Å²) in [6.07, 6.45) is 2.57. The van der Waals surface area contributed by atoms with Crippen LogP contribution in [0, 0.1) is 0 Å². The largest absolute Gasteiger partial charge is 0.0622 e. The third kappa shape index (κ3) is 2.20. The average molecular weight is 250 g/mol. The summed E-state index contributed by atoms with van der Waals surface area (Å²) in [6, 6.07) is 20.2. The average Bonchev–Trinajstić information content (AvgIpc) is 3.20. The molecule has 1 fully saturated rings. The fourth-order valence-electron chi connectivity index (χ4n) is 2.92. The molecule has 0 heterocycles. The molecule has 0 saturated heterocycles. The Bertz CT molecular complexity index is 551. The quantitative estimate of drug-likeness (QED) is 0.698. The van der Waals surface area contributed by atoms with Crippen LogP contribution in [0.25, 0.3) is 0 Å². The summed E-state index contributed by atoms with van der Waals surface area (Å²) >= 11 is 0. The van der Waals surface area contributed by atoms with E-state index in [1.807, 2.05) is 0 Å². The molecule has 1 saturated carbocycles. The Hall–Kier alpha value is -1.56. The zero-order chi connectivity index (χ0) is 13.5. The van der Waals surface area contributed by atoms with Crippen LogP contribution in [-0.2, 0) is 10.8 Å². The Morgan fingerprint density at radius 2 is 1.26 bits per heavy atom. The van der Waals surface area contributed by atoms with Gasteiger partial charge in [0.25, 0.3) is 0 Å². The summed E-state index contributed by atoms with van der Waals surface area (Å²) in [7, 11) is 0. The minimum Gasteiger partial charge on any atom is -0.0622 e. The first-order valence-electron chi connectivity index (χ1n) is 7.19. The van der Waals surface area contributed by atoms with Crippen molar-refractivity contribution in [2.75, 3.05) is 0 Å². The van der Waals surface area contributed by atoms with E-state index in [0.29, 0.717) is 5.41 Å². The molecule has 1 aliphatic carbocycles. The molecule has 1 aliphatic rings. The summed E-state index contributed by atoms with van der Waals surface area (Å²) in [5, 5.41) is 0. The highest BCUT2D eigenvalue weighted by Crippen LogP contribution is 2.53. The molecule has 19 heavy (non-hydrogen) atoms. The van der Waals surface area contributed by atoms with Gasteiger partial charge in [-0.25, -0.2) is 0 Å². The lowest BCUT2D eigenvalue weighted by Gasteiger charge is -2.21. The predicted octanol–water partition coefficient (Wildman–Crippen LogP) is 5.06. The van der Waals surface area contributed by atoms with Gasteiger partial charge in [0.05, 0.1) is 0 Å². The second-order valence-corrected chi connectivity index (χ2v) is 6.78. The molecule has 0 bridgehead atoms. The molecule has 0 atom stereocenters. The van der Waals surface area contributed by atoms with Crippen molar-refractivity contribution in [3.05, 3.63) is 71.3 Å². The molecule has 0 N–H and O–H groups in total. The minimum absolute atomic E-state index is 0.238. The second kappa shape index (κ2) is 4.23. The van der Waals surface area contributed by atoms with E-state index in [9.17, 15) is 0 Å². The summed E-state index contributed by atoms with van der Waals surface area (Å²) in [4.78, 5) is 0. The number of rotatable bonds is 2. The molecule has 3 rings (SSSR count). The van der Waals surface area contributed by atoms with Crippen LogP contribution in [0.5, 0.6) is 0 Å². The maximum Gasteiger partial charge on any atom is 0.0203 e. The monoisotopic (exact) mass is 250 g/mol. The van der Waals surface area contributed by atoms with Crippen molar-refractivity contribution < 1.29 is 0 Å². The van der Waals surface area contributed by atoms with Gasteiger partial charge in [-0.15, -0.1) is 0 Å². The van der Waals surface area contributed by atoms with Gasteiger partial charge in [0.1, 0.15) is 0 Å².